The molecule has 0 amide bonds. The van der Waals surface area contributed by atoms with Crippen molar-refractivity contribution in [1.29, 1.82) is 0 Å². The Labute approximate surface area is 145 Å². The molecule has 0 atom stereocenters. The summed E-state index contributed by atoms with van der Waals surface area (Å²) in [6.07, 6.45) is 3.86. The van der Waals surface area contributed by atoms with Crippen LogP contribution in [0, 0.1) is 0 Å². The molecule has 0 saturated carbocycles. The first-order valence-electron chi connectivity index (χ1n) is 7.52. The average Bonchev–Trinajstić information content (AvgIpc) is 3.20. The van der Waals surface area contributed by atoms with Crippen LogP contribution in [0.15, 0.2) is 67.0 Å². The number of hydrogen-bond donors (Lipinski definition) is 0. The Morgan fingerprint density at radius 3 is 2.54 bits per heavy atom. The Morgan fingerprint density at radius 2 is 1.67 bits per heavy atom. The molecule has 0 bridgehead atoms. The molecule has 0 unspecified atom stereocenters. The van der Waals surface area contributed by atoms with E-state index in [-0.39, 0.29) is 12.4 Å². The topological polar surface area (TPSA) is 48.5 Å². The minimum absolute atomic E-state index is 0. The van der Waals surface area contributed by atoms with E-state index in [0.29, 0.717) is 0 Å². The Bertz CT molecular complexity index is 1000. The van der Waals surface area contributed by atoms with Gasteiger partial charge < -0.3 is 4.57 Å². The zero-order valence-corrected chi connectivity index (χ0v) is 13.5. The van der Waals surface area contributed by atoms with E-state index in [1.165, 1.54) is 5.56 Å². The van der Waals surface area contributed by atoms with Gasteiger partial charge in [0.15, 0.2) is 11.6 Å². The second-order valence-corrected chi connectivity index (χ2v) is 5.55. The van der Waals surface area contributed by atoms with Gasteiger partial charge in [0.05, 0.1) is 11.4 Å². The Hall–Kier alpha value is -2.92. The molecule has 5 rings (SSSR count). The zero-order chi connectivity index (χ0) is 15.2. The van der Waals surface area contributed by atoms with Crippen LogP contribution in [0.5, 0.6) is 0 Å². The van der Waals surface area contributed by atoms with Crippen molar-refractivity contribution in [3.8, 4) is 28.7 Å². The number of rotatable bonds is 1. The summed E-state index contributed by atoms with van der Waals surface area (Å²) in [5.74, 6) is 1.61. The molecular formula is C18H14ClN5. The Balaban J connectivity index is 0.00000146. The molecule has 24 heavy (non-hydrogen) atoms. The van der Waals surface area contributed by atoms with Crippen molar-refractivity contribution in [2.75, 3.05) is 0 Å². The second-order valence-electron chi connectivity index (χ2n) is 5.55. The van der Waals surface area contributed by atoms with Crippen LogP contribution < -0.4 is 0 Å². The van der Waals surface area contributed by atoms with Gasteiger partial charge in [0.1, 0.15) is 5.69 Å². The summed E-state index contributed by atoms with van der Waals surface area (Å²) in [4.78, 5) is 4.45. The molecule has 0 aliphatic carbocycles. The molecule has 1 aliphatic heterocycles. The lowest BCUT2D eigenvalue weighted by Gasteiger charge is -2.10. The summed E-state index contributed by atoms with van der Waals surface area (Å²) in [5, 5.41) is 8.88. The van der Waals surface area contributed by atoms with Gasteiger partial charge >= 0.3 is 0 Å². The molecule has 6 heteroatoms. The highest BCUT2D eigenvalue weighted by Crippen LogP contribution is 2.32. The quantitative estimate of drug-likeness (QED) is 0.470. The lowest BCUT2D eigenvalue weighted by Crippen LogP contribution is -2.02. The smallest absolute Gasteiger partial charge is 0.187 e. The summed E-state index contributed by atoms with van der Waals surface area (Å²) in [6.45, 7) is 0.823. The van der Waals surface area contributed by atoms with E-state index in [0.717, 1.165) is 35.3 Å². The van der Waals surface area contributed by atoms with Crippen molar-refractivity contribution in [2.24, 2.45) is 0 Å². The predicted octanol–water partition coefficient (Wildman–Crippen LogP) is 3.58. The lowest BCUT2D eigenvalue weighted by molar-refractivity contribution is 0.816. The zero-order valence-electron chi connectivity index (χ0n) is 12.7. The molecule has 0 fully saturated rings. The van der Waals surface area contributed by atoms with E-state index in [2.05, 4.69) is 54.8 Å². The first kappa shape index (κ1) is 14.7. The number of nitrogens with zero attached hydrogens (tertiary/aromatic N) is 5. The van der Waals surface area contributed by atoms with Crippen LogP contribution in [0.2, 0.25) is 0 Å². The number of aromatic nitrogens is 5. The van der Waals surface area contributed by atoms with E-state index >= 15 is 0 Å². The van der Waals surface area contributed by atoms with Crippen molar-refractivity contribution in [2.45, 2.75) is 6.54 Å². The molecule has 3 aromatic heterocycles. The van der Waals surface area contributed by atoms with Crippen LogP contribution in [0.4, 0.5) is 0 Å². The van der Waals surface area contributed by atoms with Gasteiger partial charge in [-0.25, -0.2) is 0 Å². The second kappa shape index (κ2) is 5.62. The average molecular weight is 336 g/mol. The number of pyridine rings is 1. The first-order chi connectivity index (χ1) is 11.4. The number of benzene rings is 1. The van der Waals surface area contributed by atoms with Crippen molar-refractivity contribution in [3.63, 3.8) is 0 Å². The molecule has 4 heterocycles. The van der Waals surface area contributed by atoms with Gasteiger partial charge in [0.25, 0.3) is 0 Å². The molecule has 5 nitrogen and oxygen atoms in total. The van der Waals surface area contributed by atoms with Gasteiger partial charge in [0, 0.05) is 18.9 Å². The maximum absolute atomic E-state index is 4.46. The fourth-order valence-corrected chi connectivity index (χ4v) is 3.14. The first-order valence-corrected chi connectivity index (χ1v) is 7.52. The number of fused-ring (bicyclic) bond motifs is 5. The van der Waals surface area contributed by atoms with E-state index < -0.39 is 0 Å². The van der Waals surface area contributed by atoms with Crippen molar-refractivity contribution < 1.29 is 0 Å². The van der Waals surface area contributed by atoms with Crippen molar-refractivity contribution >= 4 is 12.4 Å². The fourth-order valence-electron chi connectivity index (χ4n) is 3.14. The third-order valence-corrected chi connectivity index (χ3v) is 4.19. The molecule has 4 aromatic rings. The molecule has 0 radical (unpaired) electrons. The minimum Gasteiger partial charge on any atom is -0.340 e. The Morgan fingerprint density at radius 1 is 0.833 bits per heavy atom. The van der Waals surface area contributed by atoms with Gasteiger partial charge in [-0.3, -0.25) is 9.55 Å². The van der Waals surface area contributed by atoms with Crippen molar-refractivity contribution in [3.05, 3.63) is 72.6 Å². The number of para-hydroxylation sites is 1. The highest BCUT2D eigenvalue weighted by atomic mass is 35.5. The maximum atomic E-state index is 4.46. The van der Waals surface area contributed by atoms with Gasteiger partial charge in [-0.2, -0.15) is 0 Å². The molecule has 0 spiro atoms. The highest BCUT2D eigenvalue weighted by Gasteiger charge is 2.24. The van der Waals surface area contributed by atoms with Crippen LogP contribution in [-0.2, 0) is 6.54 Å². The monoisotopic (exact) mass is 335 g/mol. The minimum atomic E-state index is 0. The molecule has 1 aliphatic rings. The van der Waals surface area contributed by atoms with E-state index in [1.54, 1.807) is 6.20 Å². The van der Waals surface area contributed by atoms with Crippen LogP contribution in [0.25, 0.3) is 28.7 Å². The third-order valence-electron chi connectivity index (χ3n) is 4.19. The maximum Gasteiger partial charge on any atom is 0.187 e. The van der Waals surface area contributed by atoms with Crippen LogP contribution in [0.3, 0.4) is 0 Å². The van der Waals surface area contributed by atoms with E-state index in [4.69, 9.17) is 0 Å². The molecule has 118 valence electrons. The van der Waals surface area contributed by atoms with Gasteiger partial charge in [-0.1, -0.05) is 24.3 Å². The third kappa shape index (κ3) is 2.06. The molecule has 1 aromatic carbocycles. The van der Waals surface area contributed by atoms with Gasteiger partial charge in [0.2, 0.25) is 0 Å². The largest absolute Gasteiger partial charge is 0.340 e. The standard InChI is InChI=1S/C18H13N5.ClH/c1-2-8-15-13(6-1)12-22-11-5-9-16(22)18-21-20-17(23(15)18)14-7-3-4-10-19-14;/h1-11H,12H2;1H. The predicted molar refractivity (Wildman–Crippen MR) is 94.4 cm³/mol. The molecular weight excluding hydrogens is 322 g/mol. The van der Waals surface area contributed by atoms with Gasteiger partial charge in [-0.05, 0) is 35.9 Å². The SMILES string of the molecule is Cl.c1ccc(-c2nnc3n2-c2ccccc2Cn2cccc2-3)nc1. The lowest BCUT2D eigenvalue weighted by atomic mass is 10.1. The summed E-state index contributed by atoms with van der Waals surface area (Å²) in [5.41, 5.74) is 4.23. The summed E-state index contributed by atoms with van der Waals surface area (Å²) >= 11 is 0. The van der Waals surface area contributed by atoms with E-state index in [9.17, 15) is 0 Å². The summed E-state index contributed by atoms with van der Waals surface area (Å²) in [7, 11) is 0. The normalized spacial score (nSPS) is 11.7. The van der Waals surface area contributed by atoms with Crippen LogP contribution in [-0.4, -0.2) is 24.3 Å². The van der Waals surface area contributed by atoms with Crippen LogP contribution in [0.1, 0.15) is 5.56 Å². The van der Waals surface area contributed by atoms with Crippen LogP contribution >= 0.6 is 12.4 Å². The number of halogens is 1. The fraction of sp³-hybridized carbons (Fsp3) is 0.0556. The number of hydrogen-bond acceptors (Lipinski definition) is 3. The molecule has 0 saturated heterocycles. The van der Waals surface area contributed by atoms with Crippen molar-refractivity contribution in [1.82, 2.24) is 24.3 Å². The molecule has 0 N–H and O–H groups in total. The highest BCUT2D eigenvalue weighted by molar-refractivity contribution is 5.85. The Kier molecular flexibility index (Phi) is 3.43. The van der Waals surface area contributed by atoms with Gasteiger partial charge in [-0.15, -0.1) is 22.6 Å². The summed E-state index contributed by atoms with van der Waals surface area (Å²) < 4.78 is 4.31. The van der Waals surface area contributed by atoms with E-state index in [1.807, 2.05) is 30.3 Å². The summed E-state index contributed by atoms with van der Waals surface area (Å²) in [6, 6.07) is 18.3.